The largest absolute Gasteiger partial charge is 0.323 e. The van der Waals surface area contributed by atoms with Crippen LogP contribution in [0.2, 0.25) is 0 Å². The Morgan fingerprint density at radius 3 is 2.75 bits per heavy atom. The fourth-order valence-corrected chi connectivity index (χ4v) is 4.14. The zero-order valence-corrected chi connectivity index (χ0v) is 12.4. The third kappa shape index (κ3) is 2.53. The molecule has 0 saturated carbocycles. The van der Waals surface area contributed by atoms with Crippen molar-refractivity contribution in [3.63, 3.8) is 0 Å². The number of hydrogen-bond acceptors (Lipinski definition) is 4. The Balaban J connectivity index is 2.13. The molecule has 2 rings (SSSR count). The van der Waals surface area contributed by atoms with Crippen LogP contribution in [-0.2, 0) is 6.42 Å². The first kappa shape index (κ1) is 12.2. The predicted octanol–water partition coefficient (Wildman–Crippen LogP) is 3.83. The number of hydrogen-bond donors (Lipinski definition) is 1. The summed E-state index contributed by atoms with van der Waals surface area (Å²) in [6, 6.07) is 2.08. The summed E-state index contributed by atoms with van der Waals surface area (Å²) < 4.78 is 1.11. The Labute approximate surface area is 112 Å². The predicted molar refractivity (Wildman–Crippen MR) is 74.2 cm³/mol. The molecule has 2 heterocycles. The van der Waals surface area contributed by atoms with Crippen LogP contribution >= 0.6 is 38.6 Å². The van der Waals surface area contributed by atoms with E-state index >= 15 is 0 Å². The fraction of sp³-hybridized carbons (Fsp3) is 0.364. The average Bonchev–Trinajstić information content (AvgIpc) is 2.74. The zero-order valence-electron chi connectivity index (χ0n) is 9.16. The molecule has 16 heavy (non-hydrogen) atoms. The minimum Gasteiger partial charge on any atom is -0.323 e. The standard InChI is InChI=1S/C11H13BrN2S2/c1-6-7(2)16-10(14-6)5-9(13)11-8(12)3-4-15-11/h3-4,9H,5,13H2,1-2H3. The average molecular weight is 317 g/mol. The number of thiophene rings is 1. The van der Waals surface area contributed by atoms with E-state index in [1.165, 1.54) is 9.75 Å². The van der Waals surface area contributed by atoms with Crippen LogP contribution < -0.4 is 5.73 Å². The normalized spacial score (nSPS) is 13.0. The second-order valence-electron chi connectivity index (χ2n) is 3.69. The molecule has 2 aromatic rings. The van der Waals surface area contributed by atoms with Crippen molar-refractivity contribution in [2.75, 3.05) is 0 Å². The van der Waals surface area contributed by atoms with Gasteiger partial charge < -0.3 is 5.73 Å². The van der Waals surface area contributed by atoms with E-state index in [-0.39, 0.29) is 6.04 Å². The lowest BCUT2D eigenvalue weighted by atomic mass is 10.2. The van der Waals surface area contributed by atoms with Gasteiger partial charge in [-0.05, 0) is 41.2 Å². The molecular weight excluding hydrogens is 304 g/mol. The maximum atomic E-state index is 6.18. The van der Waals surface area contributed by atoms with E-state index in [0.717, 1.165) is 21.6 Å². The molecule has 2 N–H and O–H groups in total. The first-order valence-electron chi connectivity index (χ1n) is 4.99. The summed E-state index contributed by atoms with van der Waals surface area (Å²) in [5.41, 5.74) is 7.30. The second-order valence-corrected chi connectivity index (χ2v) is 6.78. The molecule has 0 radical (unpaired) electrons. The van der Waals surface area contributed by atoms with E-state index in [1.54, 1.807) is 22.7 Å². The summed E-state index contributed by atoms with van der Waals surface area (Å²) in [6.45, 7) is 4.14. The summed E-state index contributed by atoms with van der Waals surface area (Å²) in [6.07, 6.45) is 0.818. The zero-order chi connectivity index (χ0) is 11.7. The molecule has 0 aliphatic rings. The van der Waals surface area contributed by atoms with Gasteiger partial charge in [0, 0.05) is 26.7 Å². The van der Waals surface area contributed by atoms with E-state index in [4.69, 9.17) is 5.73 Å². The van der Waals surface area contributed by atoms with E-state index in [1.807, 2.05) is 13.0 Å². The quantitative estimate of drug-likeness (QED) is 0.934. The lowest BCUT2D eigenvalue weighted by molar-refractivity contribution is 0.728. The lowest BCUT2D eigenvalue weighted by Gasteiger charge is -2.07. The van der Waals surface area contributed by atoms with Crippen molar-refractivity contribution in [3.05, 3.63) is 36.4 Å². The van der Waals surface area contributed by atoms with Gasteiger partial charge in [0.1, 0.15) is 0 Å². The van der Waals surface area contributed by atoms with E-state index in [9.17, 15) is 0 Å². The van der Waals surface area contributed by atoms with Crippen LogP contribution in [0.4, 0.5) is 0 Å². The van der Waals surface area contributed by atoms with Gasteiger partial charge in [-0.3, -0.25) is 0 Å². The molecule has 0 aliphatic heterocycles. The van der Waals surface area contributed by atoms with Gasteiger partial charge in [0.15, 0.2) is 0 Å². The molecule has 0 spiro atoms. The molecule has 2 aromatic heterocycles. The van der Waals surface area contributed by atoms with Crippen molar-refractivity contribution < 1.29 is 0 Å². The van der Waals surface area contributed by atoms with E-state index < -0.39 is 0 Å². The maximum absolute atomic E-state index is 6.18. The minimum absolute atomic E-state index is 0.0410. The number of nitrogens with zero attached hydrogens (tertiary/aromatic N) is 1. The fourth-order valence-electron chi connectivity index (χ4n) is 1.48. The highest BCUT2D eigenvalue weighted by atomic mass is 79.9. The van der Waals surface area contributed by atoms with Crippen LogP contribution in [0.25, 0.3) is 0 Å². The summed E-state index contributed by atoms with van der Waals surface area (Å²) >= 11 is 6.95. The molecule has 0 aliphatic carbocycles. The van der Waals surface area contributed by atoms with Crippen molar-refractivity contribution in [1.82, 2.24) is 4.98 Å². The smallest absolute Gasteiger partial charge is 0.0950 e. The van der Waals surface area contributed by atoms with Crippen LogP contribution in [0.5, 0.6) is 0 Å². The summed E-state index contributed by atoms with van der Waals surface area (Å²) in [5.74, 6) is 0. The highest BCUT2D eigenvalue weighted by molar-refractivity contribution is 9.10. The van der Waals surface area contributed by atoms with Crippen LogP contribution in [0.1, 0.15) is 26.5 Å². The second kappa shape index (κ2) is 4.96. The van der Waals surface area contributed by atoms with Crippen molar-refractivity contribution >= 4 is 38.6 Å². The van der Waals surface area contributed by atoms with Gasteiger partial charge in [-0.2, -0.15) is 0 Å². The highest BCUT2D eigenvalue weighted by Gasteiger charge is 2.14. The monoisotopic (exact) mass is 316 g/mol. The number of nitrogens with two attached hydrogens (primary N) is 1. The van der Waals surface area contributed by atoms with Gasteiger partial charge in [0.2, 0.25) is 0 Å². The summed E-state index contributed by atoms with van der Waals surface area (Å²) in [4.78, 5) is 7.00. The lowest BCUT2D eigenvalue weighted by Crippen LogP contribution is -2.12. The van der Waals surface area contributed by atoms with Crippen molar-refractivity contribution in [2.45, 2.75) is 26.3 Å². The molecule has 1 unspecified atom stereocenters. The van der Waals surface area contributed by atoms with Gasteiger partial charge in [-0.1, -0.05) is 0 Å². The Hall–Kier alpha value is -0.230. The SMILES string of the molecule is Cc1nc(CC(N)c2sccc2Br)sc1C. The molecular formula is C11H13BrN2S2. The molecule has 86 valence electrons. The first-order chi connectivity index (χ1) is 7.58. The summed E-state index contributed by atoms with van der Waals surface area (Å²) in [7, 11) is 0. The van der Waals surface area contributed by atoms with Crippen LogP contribution in [0.3, 0.4) is 0 Å². The number of aryl methyl sites for hydroxylation is 2. The third-order valence-electron chi connectivity index (χ3n) is 2.45. The van der Waals surface area contributed by atoms with Gasteiger partial charge in [-0.25, -0.2) is 4.98 Å². The number of halogens is 1. The highest BCUT2D eigenvalue weighted by Crippen LogP contribution is 2.30. The molecule has 0 saturated heterocycles. The van der Waals surface area contributed by atoms with Gasteiger partial charge in [0.05, 0.1) is 10.7 Å². The van der Waals surface area contributed by atoms with Crippen LogP contribution in [-0.4, -0.2) is 4.98 Å². The Morgan fingerprint density at radius 2 is 2.25 bits per heavy atom. The van der Waals surface area contributed by atoms with Gasteiger partial charge in [0.25, 0.3) is 0 Å². The molecule has 0 aromatic carbocycles. The maximum Gasteiger partial charge on any atom is 0.0950 e. The number of thiazole rings is 1. The number of aromatic nitrogens is 1. The van der Waals surface area contributed by atoms with Crippen molar-refractivity contribution in [2.24, 2.45) is 5.73 Å². The topological polar surface area (TPSA) is 38.9 Å². The molecule has 5 heteroatoms. The molecule has 0 amide bonds. The number of rotatable bonds is 3. The van der Waals surface area contributed by atoms with Crippen LogP contribution in [0.15, 0.2) is 15.9 Å². The van der Waals surface area contributed by atoms with E-state index in [2.05, 4.69) is 33.2 Å². The molecule has 0 bridgehead atoms. The van der Waals surface area contributed by atoms with Gasteiger partial charge >= 0.3 is 0 Å². The van der Waals surface area contributed by atoms with Crippen molar-refractivity contribution in [3.8, 4) is 0 Å². The molecule has 1 atom stereocenters. The Morgan fingerprint density at radius 1 is 1.50 bits per heavy atom. The van der Waals surface area contributed by atoms with Crippen LogP contribution in [0, 0.1) is 13.8 Å². The molecule has 0 fully saturated rings. The van der Waals surface area contributed by atoms with Gasteiger partial charge in [-0.15, -0.1) is 22.7 Å². The summed E-state index contributed by atoms with van der Waals surface area (Å²) in [5, 5.41) is 3.18. The van der Waals surface area contributed by atoms with Crippen molar-refractivity contribution in [1.29, 1.82) is 0 Å². The Bertz CT molecular complexity index is 470. The first-order valence-corrected chi connectivity index (χ1v) is 7.48. The molecule has 2 nitrogen and oxygen atoms in total. The third-order valence-corrected chi connectivity index (χ3v) is 5.55. The minimum atomic E-state index is 0.0410. The Kier molecular flexibility index (Phi) is 3.79. The van der Waals surface area contributed by atoms with E-state index in [0.29, 0.717) is 0 Å².